The lowest BCUT2D eigenvalue weighted by Gasteiger charge is -2.45. The van der Waals surface area contributed by atoms with Gasteiger partial charge in [-0.05, 0) is 27.9 Å². The maximum atomic E-state index is 2.49. The zero-order valence-electron chi connectivity index (χ0n) is 7.46. The molecule has 0 N–H and O–H groups in total. The highest BCUT2D eigenvalue weighted by Crippen LogP contribution is 2.14. The second-order valence-corrected chi connectivity index (χ2v) is 3.67. The standard InChI is InChI=1S/C8H18N2/c1-7(2)10-5-8(6-10)9(3)4/h7-8H,5-6H2,1-4H3. The van der Waals surface area contributed by atoms with Crippen molar-refractivity contribution in [2.75, 3.05) is 27.2 Å². The van der Waals surface area contributed by atoms with Crippen LogP contribution in [0.1, 0.15) is 13.8 Å². The molecular formula is C8H18N2. The summed E-state index contributed by atoms with van der Waals surface area (Å²) in [6.45, 7) is 7.02. The van der Waals surface area contributed by atoms with Crippen LogP contribution in [0.5, 0.6) is 0 Å². The Balaban J connectivity index is 2.18. The monoisotopic (exact) mass is 142 g/mol. The van der Waals surface area contributed by atoms with Crippen molar-refractivity contribution in [3.63, 3.8) is 0 Å². The van der Waals surface area contributed by atoms with E-state index in [0.29, 0.717) is 0 Å². The molecule has 1 heterocycles. The van der Waals surface area contributed by atoms with Gasteiger partial charge >= 0.3 is 0 Å². The molecule has 10 heavy (non-hydrogen) atoms. The fourth-order valence-corrected chi connectivity index (χ4v) is 1.24. The third-order valence-corrected chi connectivity index (χ3v) is 2.35. The number of hydrogen-bond acceptors (Lipinski definition) is 2. The third kappa shape index (κ3) is 1.50. The van der Waals surface area contributed by atoms with E-state index in [4.69, 9.17) is 0 Å². The molecule has 1 aliphatic rings. The van der Waals surface area contributed by atoms with E-state index in [0.717, 1.165) is 12.1 Å². The molecule has 0 radical (unpaired) electrons. The maximum absolute atomic E-state index is 2.49. The normalized spacial score (nSPS) is 22.2. The molecule has 0 aromatic carbocycles. The van der Waals surface area contributed by atoms with Crippen LogP contribution in [0.15, 0.2) is 0 Å². The van der Waals surface area contributed by atoms with Crippen LogP contribution in [-0.2, 0) is 0 Å². The van der Waals surface area contributed by atoms with Crippen molar-refractivity contribution in [2.24, 2.45) is 0 Å². The van der Waals surface area contributed by atoms with Crippen LogP contribution in [0.4, 0.5) is 0 Å². The minimum absolute atomic E-state index is 0.733. The van der Waals surface area contributed by atoms with Crippen LogP contribution in [0, 0.1) is 0 Å². The fraction of sp³-hybridized carbons (Fsp3) is 1.00. The molecule has 0 spiro atoms. The van der Waals surface area contributed by atoms with Gasteiger partial charge in [-0.3, -0.25) is 4.90 Å². The van der Waals surface area contributed by atoms with E-state index < -0.39 is 0 Å². The number of hydrogen-bond donors (Lipinski definition) is 0. The van der Waals surface area contributed by atoms with E-state index in [1.165, 1.54) is 13.1 Å². The van der Waals surface area contributed by atoms with Crippen LogP contribution >= 0.6 is 0 Å². The van der Waals surface area contributed by atoms with Crippen LogP contribution < -0.4 is 0 Å². The van der Waals surface area contributed by atoms with Gasteiger partial charge in [-0.25, -0.2) is 0 Å². The lowest BCUT2D eigenvalue weighted by atomic mass is 10.1. The van der Waals surface area contributed by atoms with Crippen LogP contribution in [0.3, 0.4) is 0 Å². The van der Waals surface area contributed by atoms with Crippen LogP contribution in [-0.4, -0.2) is 49.1 Å². The Kier molecular flexibility index (Phi) is 2.32. The first-order valence-corrected chi connectivity index (χ1v) is 4.01. The molecule has 0 amide bonds. The Labute approximate surface area is 63.8 Å². The average Bonchev–Trinajstić information content (AvgIpc) is 1.56. The van der Waals surface area contributed by atoms with Crippen molar-refractivity contribution in [1.82, 2.24) is 9.80 Å². The van der Waals surface area contributed by atoms with Gasteiger partial charge < -0.3 is 4.90 Å². The molecule has 2 heteroatoms. The van der Waals surface area contributed by atoms with E-state index in [9.17, 15) is 0 Å². The Morgan fingerprint density at radius 3 is 2.10 bits per heavy atom. The maximum Gasteiger partial charge on any atom is 0.0344 e. The van der Waals surface area contributed by atoms with Crippen molar-refractivity contribution in [2.45, 2.75) is 25.9 Å². The number of likely N-dealkylation sites (N-methyl/N-ethyl adjacent to an activating group) is 1. The molecule has 0 bridgehead atoms. The predicted octanol–water partition coefficient (Wildman–Crippen LogP) is 0.641. The van der Waals surface area contributed by atoms with Crippen LogP contribution in [0.2, 0.25) is 0 Å². The summed E-state index contributed by atoms with van der Waals surface area (Å²) in [4.78, 5) is 4.80. The molecule has 1 aliphatic heterocycles. The highest BCUT2D eigenvalue weighted by atomic mass is 15.3. The van der Waals surface area contributed by atoms with E-state index in [2.05, 4.69) is 37.7 Å². The Bertz CT molecular complexity index is 91.8. The van der Waals surface area contributed by atoms with Gasteiger partial charge in [-0.1, -0.05) is 0 Å². The molecule has 1 saturated heterocycles. The average molecular weight is 142 g/mol. The SMILES string of the molecule is CC(C)N1CC(N(C)C)C1. The highest BCUT2D eigenvalue weighted by molar-refractivity contribution is 4.86. The molecule has 2 nitrogen and oxygen atoms in total. The van der Waals surface area contributed by atoms with E-state index in [1.807, 2.05) is 0 Å². The number of likely N-dealkylation sites (tertiary alicyclic amines) is 1. The smallest absolute Gasteiger partial charge is 0.0344 e. The van der Waals surface area contributed by atoms with E-state index in [1.54, 1.807) is 0 Å². The summed E-state index contributed by atoms with van der Waals surface area (Å²) in [5, 5.41) is 0. The summed E-state index contributed by atoms with van der Waals surface area (Å²) in [5.74, 6) is 0. The third-order valence-electron chi connectivity index (χ3n) is 2.35. The molecule has 1 fully saturated rings. The van der Waals surface area contributed by atoms with Gasteiger partial charge in [-0.2, -0.15) is 0 Å². The van der Waals surface area contributed by atoms with Crippen molar-refractivity contribution in [3.05, 3.63) is 0 Å². The van der Waals surface area contributed by atoms with Gasteiger partial charge in [0.25, 0.3) is 0 Å². The molecule has 0 unspecified atom stereocenters. The minimum atomic E-state index is 0.733. The van der Waals surface area contributed by atoms with Gasteiger partial charge in [0.15, 0.2) is 0 Å². The molecule has 0 atom stereocenters. The second-order valence-electron chi connectivity index (χ2n) is 3.67. The number of rotatable bonds is 2. The summed E-state index contributed by atoms with van der Waals surface area (Å²) >= 11 is 0. The molecule has 0 aromatic heterocycles. The predicted molar refractivity (Wildman–Crippen MR) is 44.2 cm³/mol. The molecular weight excluding hydrogens is 124 g/mol. The first kappa shape index (κ1) is 8.02. The molecule has 0 aromatic rings. The van der Waals surface area contributed by atoms with Crippen molar-refractivity contribution < 1.29 is 0 Å². The molecule has 60 valence electrons. The summed E-state index contributed by atoms with van der Waals surface area (Å²) in [7, 11) is 4.31. The fourth-order valence-electron chi connectivity index (χ4n) is 1.24. The highest BCUT2D eigenvalue weighted by Gasteiger charge is 2.29. The first-order valence-electron chi connectivity index (χ1n) is 4.01. The Morgan fingerprint density at radius 1 is 1.30 bits per heavy atom. The number of nitrogens with zero attached hydrogens (tertiary/aromatic N) is 2. The molecule has 1 rings (SSSR count). The zero-order chi connectivity index (χ0) is 7.72. The zero-order valence-corrected chi connectivity index (χ0v) is 7.46. The van der Waals surface area contributed by atoms with Gasteiger partial charge in [0.05, 0.1) is 0 Å². The van der Waals surface area contributed by atoms with Gasteiger partial charge in [0.1, 0.15) is 0 Å². The molecule has 0 aliphatic carbocycles. The topological polar surface area (TPSA) is 6.48 Å². The van der Waals surface area contributed by atoms with Gasteiger partial charge in [-0.15, -0.1) is 0 Å². The van der Waals surface area contributed by atoms with E-state index >= 15 is 0 Å². The quantitative estimate of drug-likeness (QED) is 0.558. The lowest BCUT2D eigenvalue weighted by Crippen LogP contribution is -2.59. The van der Waals surface area contributed by atoms with Crippen molar-refractivity contribution in [1.29, 1.82) is 0 Å². The summed E-state index contributed by atoms with van der Waals surface area (Å²) in [6, 6.07) is 1.54. The Morgan fingerprint density at radius 2 is 1.80 bits per heavy atom. The Hall–Kier alpha value is -0.0800. The van der Waals surface area contributed by atoms with Crippen molar-refractivity contribution in [3.8, 4) is 0 Å². The first-order chi connectivity index (χ1) is 4.61. The largest absolute Gasteiger partial charge is 0.304 e. The summed E-state index contributed by atoms with van der Waals surface area (Å²) in [5.41, 5.74) is 0. The van der Waals surface area contributed by atoms with Gasteiger partial charge in [0.2, 0.25) is 0 Å². The van der Waals surface area contributed by atoms with Crippen molar-refractivity contribution >= 4 is 0 Å². The lowest BCUT2D eigenvalue weighted by molar-refractivity contribution is 0.0391. The van der Waals surface area contributed by atoms with Crippen LogP contribution in [0.25, 0.3) is 0 Å². The summed E-state index contributed by atoms with van der Waals surface area (Å²) in [6.07, 6.45) is 0. The second kappa shape index (κ2) is 2.89. The summed E-state index contributed by atoms with van der Waals surface area (Å²) < 4.78 is 0. The van der Waals surface area contributed by atoms with E-state index in [-0.39, 0.29) is 0 Å². The minimum Gasteiger partial charge on any atom is -0.304 e. The van der Waals surface area contributed by atoms with Gasteiger partial charge in [0, 0.05) is 25.2 Å². The molecule has 0 saturated carbocycles.